The molecule has 2 rings (SSSR count). The molecule has 1 aromatic carbocycles. The Labute approximate surface area is 132 Å². The molecule has 2 atom stereocenters. The van der Waals surface area contributed by atoms with Crippen LogP contribution < -0.4 is 10.2 Å². The standard InChI is InChI=1S/C17H27BrN2/c1-4-10-19-14(3)16-9-8-15(12-17(16)18)20-11-6-5-7-13(20)2/h8-9,12-14,19H,4-7,10-11H2,1-3H3. The second kappa shape index (κ2) is 7.46. The van der Waals surface area contributed by atoms with Crippen molar-refractivity contribution < 1.29 is 0 Å². The van der Waals surface area contributed by atoms with E-state index in [2.05, 4.69) is 65.1 Å². The summed E-state index contributed by atoms with van der Waals surface area (Å²) in [4.78, 5) is 2.54. The third-order valence-electron chi connectivity index (χ3n) is 4.29. The summed E-state index contributed by atoms with van der Waals surface area (Å²) >= 11 is 3.76. The fraction of sp³-hybridized carbons (Fsp3) is 0.647. The lowest BCUT2D eigenvalue weighted by atomic mass is 10.0. The Morgan fingerprint density at radius 2 is 2.20 bits per heavy atom. The molecule has 20 heavy (non-hydrogen) atoms. The Hall–Kier alpha value is -0.540. The van der Waals surface area contributed by atoms with E-state index in [0.717, 1.165) is 6.54 Å². The Morgan fingerprint density at radius 3 is 2.85 bits per heavy atom. The van der Waals surface area contributed by atoms with E-state index < -0.39 is 0 Å². The Bertz CT molecular complexity index is 433. The van der Waals surface area contributed by atoms with Crippen LogP contribution >= 0.6 is 15.9 Å². The van der Waals surface area contributed by atoms with E-state index in [1.54, 1.807) is 0 Å². The van der Waals surface area contributed by atoms with E-state index in [4.69, 9.17) is 0 Å². The van der Waals surface area contributed by atoms with Crippen molar-refractivity contribution in [2.24, 2.45) is 0 Å². The lowest BCUT2D eigenvalue weighted by Gasteiger charge is -2.35. The van der Waals surface area contributed by atoms with Gasteiger partial charge in [0.15, 0.2) is 0 Å². The smallest absolute Gasteiger partial charge is 0.0380 e. The molecule has 0 amide bonds. The molecule has 0 radical (unpaired) electrons. The van der Waals surface area contributed by atoms with Gasteiger partial charge in [-0.15, -0.1) is 0 Å². The summed E-state index contributed by atoms with van der Waals surface area (Å²) in [5.41, 5.74) is 2.71. The first-order chi connectivity index (χ1) is 9.63. The lowest BCUT2D eigenvalue weighted by Crippen LogP contribution is -2.37. The van der Waals surface area contributed by atoms with Crippen molar-refractivity contribution in [3.8, 4) is 0 Å². The molecular weight excluding hydrogens is 312 g/mol. The number of rotatable bonds is 5. The highest BCUT2D eigenvalue weighted by atomic mass is 79.9. The molecule has 0 bridgehead atoms. The van der Waals surface area contributed by atoms with Crippen LogP contribution in [0.2, 0.25) is 0 Å². The van der Waals surface area contributed by atoms with Crippen molar-refractivity contribution in [3.05, 3.63) is 28.2 Å². The van der Waals surface area contributed by atoms with Crippen LogP contribution in [0.1, 0.15) is 58.1 Å². The zero-order valence-corrected chi connectivity index (χ0v) is 14.5. The van der Waals surface area contributed by atoms with Gasteiger partial charge in [0.25, 0.3) is 0 Å². The monoisotopic (exact) mass is 338 g/mol. The largest absolute Gasteiger partial charge is 0.369 e. The quantitative estimate of drug-likeness (QED) is 0.822. The average molecular weight is 339 g/mol. The predicted molar refractivity (Wildman–Crippen MR) is 91.5 cm³/mol. The SMILES string of the molecule is CCCNC(C)c1ccc(N2CCCCC2C)cc1Br. The first kappa shape index (κ1) is 15.8. The zero-order valence-electron chi connectivity index (χ0n) is 13.0. The minimum absolute atomic E-state index is 0.400. The molecule has 1 fully saturated rings. The molecule has 2 unspecified atom stereocenters. The molecule has 1 aromatic rings. The van der Waals surface area contributed by atoms with Crippen molar-refractivity contribution in [1.82, 2.24) is 5.32 Å². The van der Waals surface area contributed by atoms with Crippen LogP contribution in [-0.4, -0.2) is 19.1 Å². The lowest BCUT2D eigenvalue weighted by molar-refractivity contribution is 0.484. The first-order valence-electron chi connectivity index (χ1n) is 7.93. The summed E-state index contributed by atoms with van der Waals surface area (Å²) in [6.07, 6.45) is 5.17. The van der Waals surface area contributed by atoms with Gasteiger partial charge in [-0.2, -0.15) is 0 Å². The first-order valence-corrected chi connectivity index (χ1v) is 8.72. The molecule has 112 valence electrons. The fourth-order valence-corrected chi connectivity index (χ4v) is 3.71. The molecule has 1 saturated heterocycles. The van der Waals surface area contributed by atoms with Crippen molar-refractivity contribution in [2.45, 2.75) is 58.5 Å². The fourth-order valence-electron chi connectivity index (χ4n) is 3.00. The molecule has 1 N–H and O–H groups in total. The Morgan fingerprint density at radius 1 is 1.40 bits per heavy atom. The van der Waals surface area contributed by atoms with E-state index in [9.17, 15) is 0 Å². The number of piperidine rings is 1. The summed E-state index contributed by atoms with van der Waals surface area (Å²) < 4.78 is 1.23. The second-order valence-corrected chi connectivity index (χ2v) is 6.77. The van der Waals surface area contributed by atoms with Gasteiger partial charge in [-0.25, -0.2) is 0 Å². The molecule has 2 nitrogen and oxygen atoms in total. The summed E-state index contributed by atoms with van der Waals surface area (Å²) in [5.74, 6) is 0. The topological polar surface area (TPSA) is 15.3 Å². The number of hydrogen-bond donors (Lipinski definition) is 1. The average Bonchev–Trinajstić information content (AvgIpc) is 2.45. The number of anilines is 1. The third kappa shape index (κ3) is 3.76. The van der Waals surface area contributed by atoms with Crippen molar-refractivity contribution in [1.29, 1.82) is 0 Å². The zero-order chi connectivity index (χ0) is 14.5. The van der Waals surface area contributed by atoms with Crippen LogP contribution in [0.5, 0.6) is 0 Å². The molecule has 1 heterocycles. The summed E-state index contributed by atoms with van der Waals surface area (Å²) in [6, 6.07) is 7.91. The van der Waals surface area contributed by atoms with Crippen LogP contribution in [0.25, 0.3) is 0 Å². The Balaban J connectivity index is 2.12. The maximum Gasteiger partial charge on any atom is 0.0380 e. The molecule has 0 aliphatic carbocycles. The molecular formula is C17H27BrN2. The Kier molecular flexibility index (Phi) is 5.91. The van der Waals surface area contributed by atoms with Crippen molar-refractivity contribution >= 4 is 21.6 Å². The van der Waals surface area contributed by atoms with E-state index in [1.807, 2.05) is 0 Å². The molecule has 1 aliphatic heterocycles. The normalized spacial score (nSPS) is 21.0. The van der Waals surface area contributed by atoms with Gasteiger partial charge >= 0.3 is 0 Å². The summed E-state index contributed by atoms with van der Waals surface area (Å²) in [6.45, 7) is 9.04. The minimum atomic E-state index is 0.400. The molecule has 0 spiro atoms. The molecule has 0 saturated carbocycles. The van der Waals surface area contributed by atoms with Gasteiger partial charge in [-0.05, 0) is 63.8 Å². The predicted octanol–water partition coefficient (Wildman–Crippen LogP) is 4.89. The third-order valence-corrected chi connectivity index (χ3v) is 4.97. The van der Waals surface area contributed by atoms with Crippen LogP contribution in [0.15, 0.2) is 22.7 Å². The van der Waals surface area contributed by atoms with Crippen LogP contribution in [0.4, 0.5) is 5.69 Å². The van der Waals surface area contributed by atoms with Crippen LogP contribution in [0.3, 0.4) is 0 Å². The van der Waals surface area contributed by atoms with Crippen molar-refractivity contribution in [3.63, 3.8) is 0 Å². The number of nitrogens with one attached hydrogen (secondary N) is 1. The number of nitrogens with zero attached hydrogens (tertiary/aromatic N) is 1. The van der Waals surface area contributed by atoms with Gasteiger partial charge in [-0.1, -0.05) is 28.9 Å². The molecule has 1 aliphatic rings. The van der Waals surface area contributed by atoms with Gasteiger partial charge < -0.3 is 10.2 Å². The minimum Gasteiger partial charge on any atom is -0.369 e. The highest BCUT2D eigenvalue weighted by Crippen LogP contribution is 2.31. The number of halogens is 1. The maximum absolute atomic E-state index is 3.76. The summed E-state index contributed by atoms with van der Waals surface area (Å²) in [7, 11) is 0. The molecule has 3 heteroatoms. The van der Waals surface area contributed by atoms with Gasteiger partial charge in [0.05, 0.1) is 0 Å². The maximum atomic E-state index is 3.76. The summed E-state index contributed by atoms with van der Waals surface area (Å²) in [5, 5.41) is 3.55. The van der Waals surface area contributed by atoms with E-state index in [-0.39, 0.29) is 0 Å². The van der Waals surface area contributed by atoms with E-state index in [0.29, 0.717) is 12.1 Å². The highest BCUT2D eigenvalue weighted by molar-refractivity contribution is 9.10. The van der Waals surface area contributed by atoms with E-state index >= 15 is 0 Å². The van der Waals surface area contributed by atoms with Gasteiger partial charge in [-0.3, -0.25) is 0 Å². The van der Waals surface area contributed by atoms with Crippen molar-refractivity contribution in [2.75, 3.05) is 18.0 Å². The van der Waals surface area contributed by atoms with E-state index in [1.165, 1.54) is 48.0 Å². The van der Waals surface area contributed by atoms with Crippen LogP contribution in [0, 0.1) is 0 Å². The van der Waals surface area contributed by atoms with Crippen LogP contribution in [-0.2, 0) is 0 Å². The van der Waals surface area contributed by atoms with Gasteiger partial charge in [0.1, 0.15) is 0 Å². The van der Waals surface area contributed by atoms with Gasteiger partial charge in [0.2, 0.25) is 0 Å². The molecule has 0 aromatic heterocycles. The van der Waals surface area contributed by atoms with Gasteiger partial charge in [0, 0.05) is 28.8 Å². The number of benzene rings is 1. The highest BCUT2D eigenvalue weighted by Gasteiger charge is 2.19. The second-order valence-electron chi connectivity index (χ2n) is 5.92. The number of hydrogen-bond acceptors (Lipinski definition) is 2.